The van der Waals surface area contributed by atoms with E-state index in [-0.39, 0.29) is 4.90 Å². The van der Waals surface area contributed by atoms with Crippen LogP contribution in [0.25, 0.3) is 0 Å². The molecule has 0 radical (unpaired) electrons. The molecule has 0 aliphatic carbocycles. The highest BCUT2D eigenvalue weighted by molar-refractivity contribution is 8.13. The maximum absolute atomic E-state index is 11.3. The van der Waals surface area contributed by atoms with Gasteiger partial charge < -0.3 is 0 Å². The van der Waals surface area contributed by atoms with Gasteiger partial charge in [0.05, 0.1) is 11.4 Å². The van der Waals surface area contributed by atoms with Gasteiger partial charge in [0.15, 0.2) is 0 Å². The number of aromatic nitrogens is 2. The smallest absolute Gasteiger partial charge is 0.264 e. The van der Waals surface area contributed by atoms with E-state index in [4.69, 9.17) is 10.7 Å². The van der Waals surface area contributed by atoms with Gasteiger partial charge in [-0.1, -0.05) is 19.8 Å². The zero-order valence-electron chi connectivity index (χ0n) is 9.83. The van der Waals surface area contributed by atoms with Crippen LogP contribution < -0.4 is 0 Å². The van der Waals surface area contributed by atoms with Crippen molar-refractivity contribution in [2.75, 3.05) is 0 Å². The molecule has 0 saturated heterocycles. The summed E-state index contributed by atoms with van der Waals surface area (Å²) in [5.41, 5.74) is 1.10. The molecule has 0 N–H and O–H groups in total. The summed E-state index contributed by atoms with van der Waals surface area (Å²) < 4.78 is 24.4. The van der Waals surface area contributed by atoms with Crippen molar-refractivity contribution in [1.82, 2.24) is 9.78 Å². The first kappa shape index (κ1) is 13.5. The minimum Gasteiger partial charge on any atom is -0.268 e. The standard InChI is InChI=1S/C10H17ClN2O2S/c1-4-5-6-7-13-9(3)10(8(2)12-13)16(11,14)15/h4-7H2,1-3H3. The van der Waals surface area contributed by atoms with Crippen LogP contribution in [0.15, 0.2) is 4.90 Å². The first-order chi connectivity index (χ1) is 7.38. The number of unbranched alkanes of at least 4 members (excludes halogenated alkanes) is 2. The topological polar surface area (TPSA) is 52.0 Å². The molecule has 0 amide bonds. The van der Waals surface area contributed by atoms with Gasteiger partial charge in [0.2, 0.25) is 0 Å². The molecule has 1 aromatic heterocycles. The molecule has 92 valence electrons. The van der Waals surface area contributed by atoms with E-state index < -0.39 is 9.05 Å². The molecule has 16 heavy (non-hydrogen) atoms. The Morgan fingerprint density at radius 2 is 1.94 bits per heavy atom. The van der Waals surface area contributed by atoms with Crippen LogP contribution in [0.2, 0.25) is 0 Å². The monoisotopic (exact) mass is 264 g/mol. The van der Waals surface area contributed by atoms with Crippen LogP contribution in [-0.4, -0.2) is 18.2 Å². The van der Waals surface area contributed by atoms with Crippen molar-refractivity contribution in [2.45, 2.75) is 51.5 Å². The molecular formula is C10H17ClN2O2S. The molecule has 6 heteroatoms. The molecule has 0 unspecified atom stereocenters. The molecule has 4 nitrogen and oxygen atoms in total. The third-order valence-electron chi connectivity index (χ3n) is 2.53. The highest BCUT2D eigenvalue weighted by Gasteiger charge is 2.21. The van der Waals surface area contributed by atoms with E-state index in [1.807, 2.05) is 0 Å². The average Bonchev–Trinajstić information content (AvgIpc) is 2.41. The highest BCUT2D eigenvalue weighted by atomic mass is 35.7. The molecule has 0 aliphatic rings. The molecule has 0 aromatic carbocycles. The summed E-state index contributed by atoms with van der Waals surface area (Å²) in [6.45, 7) is 6.27. The number of hydrogen-bond donors (Lipinski definition) is 0. The van der Waals surface area contributed by atoms with Crippen molar-refractivity contribution in [1.29, 1.82) is 0 Å². The van der Waals surface area contributed by atoms with Gasteiger partial charge in [-0.3, -0.25) is 4.68 Å². The zero-order chi connectivity index (χ0) is 12.3. The second-order valence-electron chi connectivity index (χ2n) is 3.87. The molecule has 1 heterocycles. The third-order valence-corrected chi connectivity index (χ3v) is 4.07. The van der Waals surface area contributed by atoms with Gasteiger partial charge in [-0.2, -0.15) is 5.10 Å². The van der Waals surface area contributed by atoms with Gasteiger partial charge in [-0.25, -0.2) is 8.42 Å². The summed E-state index contributed by atoms with van der Waals surface area (Å²) in [5, 5.41) is 4.20. The molecule has 0 spiro atoms. The number of halogens is 1. The first-order valence-corrected chi connectivity index (χ1v) is 7.67. The van der Waals surface area contributed by atoms with Crippen LogP contribution >= 0.6 is 10.7 Å². The lowest BCUT2D eigenvalue weighted by atomic mass is 10.2. The summed E-state index contributed by atoms with van der Waals surface area (Å²) >= 11 is 0. The second-order valence-corrected chi connectivity index (χ2v) is 6.37. The Labute approximate surface area is 101 Å². The molecule has 0 saturated carbocycles. The third kappa shape index (κ3) is 2.98. The van der Waals surface area contributed by atoms with Gasteiger partial charge in [-0.15, -0.1) is 0 Å². The van der Waals surface area contributed by atoms with Gasteiger partial charge in [-0.05, 0) is 20.3 Å². The lowest BCUT2D eigenvalue weighted by Gasteiger charge is -2.03. The Morgan fingerprint density at radius 3 is 2.38 bits per heavy atom. The number of hydrogen-bond acceptors (Lipinski definition) is 3. The van der Waals surface area contributed by atoms with Crippen LogP contribution in [0.1, 0.15) is 37.6 Å². The minimum atomic E-state index is -3.69. The highest BCUT2D eigenvalue weighted by Crippen LogP contribution is 2.23. The number of rotatable bonds is 5. The Kier molecular flexibility index (Phi) is 4.38. The van der Waals surface area contributed by atoms with E-state index in [1.54, 1.807) is 18.5 Å². The number of aryl methyl sites for hydroxylation is 2. The lowest BCUT2D eigenvalue weighted by Crippen LogP contribution is -2.03. The molecule has 0 bridgehead atoms. The fraction of sp³-hybridized carbons (Fsp3) is 0.700. The normalized spacial score (nSPS) is 12.0. The molecule has 0 aliphatic heterocycles. The largest absolute Gasteiger partial charge is 0.268 e. The summed E-state index contributed by atoms with van der Waals surface area (Å²) in [6, 6.07) is 0. The molecule has 1 aromatic rings. The minimum absolute atomic E-state index is 0.158. The van der Waals surface area contributed by atoms with Crippen LogP contribution in [0.3, 0.4) is 0 Å². The van der Waals surface area contributed by atoms with Crippen molar-refractivity contribution in [2.24, 2.45) is 0 Å². The van der Waals surface area contributed by atoms with Gasteiger partial charge in [0.1, 0.15) is 4.90 Å². The Morgan fingerprint density at radius 1 is 1.31 bits per heavy atom. The van der Waals surface area contributed by atoms with E-state index in [0.29, 0.717) is 11.4 Å². The SMILES string of the molecule is CCCCCn1nc(C)c(S(=O)(=O)Cl)c1C. The van der Waals surface area contributed by atoms with Crippen molar-refractivity contribution >= 4 is 19.7 Å². The molecule has 0 fully saturated rings. The summed E-state index contributed by atoms with van der Waals surface area (Å²) in [4.78, 5) is 0.158. The average molecular weight is 265 g/mol. The summed E-state index contributed by atoms with van der Waals surface area (Å²) in [6.07, 6.45) is 3.24. The number of nitrogens with zero attached hydrogens (tertiary/aromatic N) is 2. The molecule has 1 rings (SSSR count). The summed E-state index contributed by atoms with van der Waals surface area (Å²) in [5.74, 6) is 0. The quantitative estimate of drug-likeness (QED) is 0.607. The predicted octanol–water partition coefficient (Wildman–Crippen LogP) is 2.62. The van der Waals surface area contributed by atoms with E-state index in [0.717, 1.165) is 25.8 Å². The maximum Gasteiger partial charge on any atom is 0.264 e. The fourth-order valence-electron chi connectivity index (χ4n) is 1.76. The second kappa shape index (κ2) is 5.19. The predicted molar refractivity (Wildman–Crippen MR) is 64.3 cm³/mol. The van der Waals surface area contributed by atoms with Gasteiger partial charge in [0, 0.05) is 17.2 Å². The van der Waals surface area contributed by atoms with Crippen LogP contribution in [0.5, 0.6) is 0 Å². The van der Waals surface area contributed by atoms with Crippen LogP contribution in [-0.2, 0) is 15.6 Å². The van der Waals surface area contributed by atoms with E-state index in [9.17, 15) is 8.42 Å². The summed E-state index contributed by atoms with van der Waals surface area (Å²) in [7, 11) is 1.68. The molecule has 0 atom stereocenters. The zero-order valence-corrected chi connectivity index (χ0v) is 11.4. The van der Waals surface area contributed by atoms with Crippen molar-refractivity contribution in [3.63, 3.8) is 0 Å². The first-order valence-electron chi connectivity index (χ1n) is 5.36. The lowest BCUT2D eigenvalue weighted by molar-refractivity contribution is 0.538. The van der Waals surface area contributed by atoms with Crippen molar-refractivity contribution in [3.8, 4) is 0 Å². The Hall–Kier alpha value is -0.550. The Balaban J connectivity index is 2.99. The van der Waals surface area contributed by atoms with Gasteiger partial charge in [0.25, 0.3) is 9.05 Å². The van der Waals surface area contributed by atoms with E-state index in [2.05, 4.69) is 12.0 Å². The van der Waals surface area contributed by atoms with E-state index in [1.165, 1.54) is 0 Å². The fourth-order valence-corrected chi connectivity index (χ4v) is 3.28. The maximum atomic E-state index is 11.3. The van der Waals surface area contributed by atoms with E-state index >= 15 is 0 Å². The van der Waals surface area contributed by atoms with Gasteiger partial charge >= 0.3 is 0 Å². The molecular weight excluding hydrogens is 248 g/mol. The van der Waals surface area contributed by atoms with Crippen molar-refractivity contribution in [3.05, 3.63) is 11.4 Å². The van der Waals surface area contributed by atoms with Crippen LogP contribution in [0, 0.1) is 13.8 Å². The Bertz CT molecular complexity index is 465. The van der Waals surface area contributed by atoms with Crippen LogP contribution in [0.4, 0.5) is 0 Å². The van der Waals surface area contributed by atoms with Crippen molar-refractivity contribution < 1.29 is 8.42 Å².